The van der Waals surface area contributed by atoms with Crippen LogP contribution in [0.4, 0.5) is 0 Å². The predicted molar refractivity (Wildman–Crippen MR) is 54.1 cm³/mol. The number of halogens is 1. The van der Waals surface area contributed by atoms with Gasteiger partial charge in [-0.05, 0) is 19.1 Å². The van der Waals surface area contributed by atoms with Gasteiger partial charge in [0.1, 0.15) is 0 Å². The fraction of sp³-hybridized carbons (Fsp3) is 0.333. The molecule has 1 aromatic heterocycles. The van der Waals surface area contributed by atoms with Gasteiger partial charge < -0.3 is 4.90 Å². The molecule has 0 aliphatic heterocycles. The zero-order valence-corrected chi connectivity index (χ0v) is 8.54. The topological polar surface area (TPSA) is 33.2 Å². The monoisotopic (exact) mass is 200 g/mol. The van der Waals surface area contributed by atoms with E-state index >= 15 is 0 Å². The number of amides is 1. The summed E-state index contributed by atoms with van der Waals surface area (Å²) in [5.74, 6) is 0.0191. The average Bonchev–Trinajstić information content (AvgIpc) is 2.17. The van der Waals surface area contributed by atoms with Crippen LogP contribution in [-0.2, 0) is 0 Å². The van der Waals surface area contributed by atoms with Crippen LogP contribution < -0.4 is 0 Å². The average molecular weight is 201 g/mol. The minimum Gasteiger partial charge on any atom is -0.342 e. The molecule has 0 unspecified atom stereocenters. The summed E-state index contributed by atoms with van der Waals surface area (Å²) in [5, 5.41) is 0. The van der Waals surface area contributed by atoms with E-state index in [1.165, 1.54) is 0 Å². The van der Waals surface area contributed by atoms with Crippen molar-refractivity contribution in [1.82, 2.24) is 9.88 Å². The zero-order chi connectivity index (χ0) is 8.97. The second kappa shape index (κ2) is 5.54. The molecule has 0 radical (unpaired) electrons. The molecule has 0 atom stereocenters. The van der Waals surface area contributed by atoms with E-state index in [4.69, 9.17) is 0 Å². The van der Waals surface area contributed by atoms with E-state index in [2.05, 4.69) is 4.98 Å². The van der Waals surface area contributed by atoms with Crippen molar-refractivity contribution in [2.75, 3.05) is 13.6 Å². The molecule has 0 N–H and O–H groups in total. The molecule has 0 saturated carbocycles. The number of rotatable bonds is 2. The van der Waals surface area contributed by atoms with Crippen molar-refractivity contribution in [3.8, 4) is 0 Å². The number of pyridine rings is 1. The summed E-state index contributed by atoms with van der Waals surface area (Å²) in [6, 6.07) is 3.53. The first-order valence-electron chi connectivity index (χ1n) is 3.91. The third kappa shape index (κ3) is 3.03. The number of carbonyl (C=O) groups excluding carboxylic acids is 1. The summed E-state index contributed by atoms with van der Waals surface area (Å²) >= 11 is 0. The number of carbonyl (C=O) groups is 1. The molecule has 72 valence electrons. The molecule has 0 aromatic carbocycles. The summed E-state index contributed by atoms with van der Waals surface area (Å²) in [6.45, 7) is 2.65. The van der Waals surface area contributed by atoms with Crippen LogP contribution in [0.3, 0.4) is 0 Å². The smallest absolute Gasteiger partial charge is 0.255 e. The van der Waals surface area contributed by atoms with Crippen molar-refractivity contribution in [3.63, 3.8) is 0 Å². The summed E-state index contributed by atoms with van der Waals surface area (Å²) in [6.07, 6.45) is 3.23. The van der Waals surface area contributed by atoms with Crippen LogP contribution in [-0.4, -0.2) is 29.4 Å². The molecule has 1 heterocycles. The van der Waals surface area contributed by atoms with Crippen molar-refractivity contribution in [3.05, 3.63) is 30.1 Å². The number of hydrogen-bond donors (Lipinski definition) is 0. The first-order valence-corrected chi connectivity index (χ1v) is 3.91. The Bertz CT molecular complexity index is 264. The normalized spacial score (nSPS) is 8.77. The Labute approximate surface area is 84.2 Å². The Hall–Kier alpha value is -1.09. The molecule has 0 aliphatic rings. The molecular formula is C9H13ClN2O. The van der Waals surface area contributed by atoms with Gasteiger partial charge in [0.15, 0.2) is 0 Å². The molecule has 4 heteroatoms. The minimum absolute atomic E-state index is 0. The van der Waals surface area contributed by atoms with Crippen LogP contribution in [0.15, 0.2) is 24.5 Å². The van der Waals surface area contributed by atoms with Gasteiger partial charge in [-0.1, -0.05) is 0 Å². The molecule has 0 fully saturated rings. The van der Waals surface area contributed by atoms with Gasteiger partial charge in [0, 0.05) is 26.0 Å². The van der Waals surface area contributed by atoms with Crippen molar-refractivity contribution in [1.29, 1.82) is 0 Å². The fourth-order valence-electron chi connectivity index (χ4n) is 0.853. The lowest BCUT2D eigenvalue weighted by atomic mass is 10.2. The highest BCUT2D eigenvalue weighted by molar-refractivity contribution is 5.93. The quantitative estimate of drug-likeness (QED) is 0.727. The van der Waals surface area contributed by atoms with Gasteiger partial charge in [0.25, 0.3) is 5.91 Å². The molecule has 0 aliphatic carbocycles. The Morgan fingerprint density at radius 1 is 1.62 bits per heavy atom. The minimum atomic E-state index is 0. The van der Waals surface area contributed by atoms with Gasteiger partial charge in [-0.25, -0.2) is 0 Å². The van der Waals surface area contributed by atoms with Crippen LogP contribution >= 0.6 is 12.4 Å². The van der Waals surface area contributed by atoms with E-state index in [1.807, 2.05) is 6.92 Å². The first-order chi connectivity index (χ1) is 5.75. The molecule has 3 nitrogen and oxygen atoms in total. The highest BCUT2D eigenvalue weighted by Crippen LogP contribution is 1.99. The number of hydrogen-bond acceptors (Lipinski definition) is 2. The lowest BCUT2D eigenvalue weighted by molar-refractivity contribution is 0.0802. The van der Waals surface area contributed by atoms with Crippen LogP contribution in [0.25, 0.3) is 0 Å². The highest BCUT2D eigenvalue weighted by Gasteiger charge is 2.08. The molecule has 0 saturated heterocycles. The molecule has 0 spiro atoms. The van der Waals surface area contributed by atoms with Crippen molar-refractivity contribution in [2.45, 2.75) is 6.92 Å². The van der Waals surface area contributed by atoms with Gasteiger partial charge in [0.05, 0.1) is 5.56 Å². The van der Waals surface area contributed by atoms with E-state index < -0.39 is 0 Å². The molecule has 1 rings (SSSR count). The number of nitrogens with zero attached hydrogens (tertiary/aromatic N) is 2. The number of aromatic nitrogens is 1. The third-order valence-electron chi connectivity index (χ3n) is 1.73. The van der Waals surface area contributed by atoms with E-state index in [9.17, 15) is 4.79 Å². The van der Waals surface area contributed by atoms with E-state index in [-0.39, 0.29) is 18.3 Å². The van der Waals surface area contributed by atoms with Gasteiger partial charge in [0.2, 0.25) is 0 Å². The Kier molecular flexibility index (Phi) is 5.07. The summed E-state index contributed by atoms with van der Waals surface area (Å²) < 4.78 is 0. The second-order valence-electron chi connectivity index (χ2n) is 2.56. The van der Waals surface area contributed by atoms with Crippen LogP contribution in [0.5, 0.6) is 0 Å². The Morgan fingerprint density at radius 2 is 2.31 bits per heavy atom. The van der Waals surface area contributed by atoms with E-state index in [0.717, 1.165) is 0 Å². The van der Waals surface area contributed by atoms with Crippen molar-refractivity contribution in [2.24, 2.45) is 0 Å². The van der Waals surface area contributed by atoms with Crippen LogP contribution in [0.1, 0.15) is 17.3 Å². The van der Waals surface area contributed by atoms with Gasteiger partial charge >= 0.3 is 0 Å². The van der Waals surface area contributed by atoms with Gasteiger partial charge in [-0.15, -0.1) is 12.4 Å². The third-order valence-corrected chi connectivity index (χ3v) is 1.73. The molecule has 1 aromatic rings. The molecular weight excluding hydrogens is 188 g/mol. The summed E-state index contributed by atoms with van der Waals surface area (Å²) in [5.41, 5.74) is 0.641. The maximum Gasteiger partial charge on any atom is 0.255 e. The summed E-state index contributed by atoms with van der Waals surface area (Å²) in [7, 11) is 1.77. The fourth-order valence-corrected chi connectivity index (χ4v) is 0.853. The van der Waals surface area contributed by atoms with E-state index in [0.29, 0.717) is 12.1 Å². The summed E-state index contributed by atoms with van der Waals surface area (Å²) in [4.78, 5) is 17.0. The molecule has 1 amide bonds. The SMILES string of the molecule is CCN(C)C(=O)c1cccnc1.Cl. The lowest BCUT2D eigenvalue weighted by Gasteiger charge is -2.13. The maximum atomic E-state index is 11.5. The zero-order valence-electron chi connectivity index (χ0n) is 7.73. The van der Waals surface area contributed by atoms with Gasteiger partial charge in [-0.3, -0.25) is 9.78 Å². The Morgan fingerprint density at radius 3 is 2.77 bits per heavy atom. The van der Waals surface area contributed by atoms with Crippen LogP contribution in [0.2, 0.25) is 0 Å². The van der Waals surface area contributed by atoms with E-state index in [1.54, 1.807) is 36.5 Å². The van der Waals surface area contributed by atoms with Crippen molar-refractivity contribution < 1.29 is 4.79 Å². The molecule has 0 bridgehead atoms. The maximum absolute atomic E-state index is 11.5. The van der Waals surface area contributed by atoms with Crippen LogP contribution in [0, 0.1) is 0 Å². The lowest BCUT2D eigenvalue weighted by Crippen LogP contribution is -2.26. The largest absolute Gasteiger partial charge is 0.342 e. The predicted octanol–water partition coefficient (Wildman–Crippen LogP) is 1.60. The Balaban J connectivity index is 0.00000144. The van der Waals surface area contributed by atoms with Gasteiger partial charge in [-0.2, -0.15) is 0 Å². The second-order valence-corrected chi connectivity index (χ2v) is 2.56. The first kappa shape index (κ1) is 11.9. The molecule has 13 heavy (non-hydrogen) atoms. The van der Waals surface area contributed by atoms with Crippen molar-refractivity contribution >= 4 is 18.3 Å². The highest BCUT2D eigenvalue weighted by atomic mass is 35.5. The standard InChI is InChI=1S/C9H12N2O.ClH/c1-3-11(2)9(12)8-5-4-6-10-7-8;/h4-7H,3H2,1-2H3;1H.